The van der Waals surface area contributed by atoms with E-state index >= 15 is 0 Å². The predicted molar refractivity (Wildman–Crippen MR) is 281 cm³/mol. The first-order valence-electron chi connectivity index (χ1n) is 25.2. The number of aryl methyl sites for hydroxylation is 1. The molecule has 4 heterocycles. The minimum Gasteiger partial charge on any atom is -0.508 e. The molecule has 16 nitrogen and oxygen atoms in total. The van der Waals surface area contributed by atoms with Crippen LogP contribution in [0, 0.1) is 23.2 Å². The average Bonchev–Trinajstić information content (AvgIpc) is 4.01. The van der Waals surface area contributed by atoms with Gasteiger partial charge in [-0.2, -0.15) is 0 Å². The van der Waals surface area contributed by atoms with E-state index in [-0.39, 0.29) is 48.2 Å². The number of aromatic hydroxyl groups is 1. The molecule has 16 heteroatoms. The maximum atomic E-state index is 14.0. The van der Waals surface area contributed by atoms with Crippen LogP contribution in [-0.4, -0.2) is 144 Å². The normalized spacial score (nSPS) is 15.2. The number of phenolic OH excluding ortho intramolecular Hbond substituents is 1. The molecule has 0 saturated carbocycles. The van der Waals surface area contributed by atoms with Crippen LogP contribution < -0.4 is 10.7 Å². The Morgan fingerprint density at radius 3 is 2.28 bits per heavy atom. The van der Waals surface area contributed by atoms with Crippen LogP contribution in [0.5, 0.6) is 5.75 Å². The van der Waals surface area contributed by atoms with Crippen molar-refractivity contribution in [3.8, 4) is 40.0 Å². The molecule has 3 unspecified atom stereocenters. The van der Waals surface area contributed by atoms with Gasteiger partial charge in [0.1, 0.15) is 17.8 Å². The van der Waals surface area contributed by atoms with Gasteiger partial charge >= 0.3 is 0 Å². The molecule has 6 rings (SSSR count). The number of hydrogen-bond donors (Lipinski definition) is 3. The lowest BCUT2D eigenvalue weighted by Gasteiger charge is -2.33. The fourth-order valence-corrected chi connectivity index (χ4v) is 9.32. The molecule has 4 aromatic rings. The number of aromatic nitrogens is 2. The smallest absolute Gasteiger partial charge is 0.298 e. The van der Waals surface area contributed by atoms with Gasteiger partial charge in [-0.25, -0.2) is 5.43 Å². The molecular formula is C56H78N8O8. The monoisotopic (exact) mass is 991 g/mol. The average molecular weight is 991 g/mol. The molecule has 0 aliphatic carbocycles. The van der Waals surface area contributed by atoms with Crippen LogP contribution in [0.4, 0.5) is 0 Å². The summed E-state index contributed by atoms with van der Waals surface area (Å²) >= 11 is 0. The van der Waals surface area contributed by atoms with Crippen molar-refractivity contribution in [2.45, 2.75) is 124 Å². The van der Waals surface area contributed by atoms with Gasteiger partial charge in [0.25, 0.3) is 18.3 Å². The molecule has 2 fully saturated rings. The second kappa shape index (κ2) is 25.4. The molecule has 72 heavy (non-hydrogen) atoms. The maximum Gasteiger partial charge on any atom is 0.298 e. The predicted octanol–water partition coefficient (Wildman–Crippen LogP) is 6.76. The Hall–Kier alpha value is -6.28. The lowest BCUT2D eigenvalue weighted by molar-refractivity contribution is -0.142. The van der Waals surface area contributed by atoms with Gasteiger partial charge in [0.2, 0.25) is 12.3 Å². The van der Waals surface area contributed by atoms with Crippen LogP contribution in [0.15, 0.2) is 54.7 Å². The highest BCUT2D eigenvalue weighted by atomic mass is 16.5. The van der Waals surface area contributed by atoms with E-state index in [1.165, 1.54) is 4.90 Å². The summed E-state index contributed by atoms with van der Waals surface area (Å²) in [5, 5.41) is 16.7. The van der Waals surface area contributed by atoms with Crippen molar-refractivity contribution in [3.05, 3.63) is 71.5 Å². The Balaban J connectivity index is 0.000000548. The highest BCUT2D eigenvalue weighted by molar-refractivity contribution is 5.96. The van der Waals surface area contributed by atoms with Gasteiger partial charge in [0, 0.05) is 81.4 Å². The number of benzene rings is 2. The quantitative estimate of drug-likeness (QED) is 0.0668. The maximum absolute atomic E-state index is 14.0. The van der Waals surface area contributed by atoms with E-state index in [0.29, 0.717) is 44.5 Å². The summed E-state index contributed by atoms with van der Waals surface area (Å²) in [4.78, 5) is 72.2. The minimum absolute atomic E-state index is 0.0182. The molecule has 3 N–H and O–H groups in total. The molecular weight excluding hydrogens is 913 g/mol. The number of likely N-dealkylation sites (tertiary alicyclic amines) is 1. The number of hydrogen-bond acceptors (Lipinski definition) is 11. The number of pyridine rings is 1. The Morgan fingerprint density at radius 1 is 0.958 bits per heavy atom. The van der Waals surface area contributed by atoms with E-state index in [1.54, 1.807) is 37.5 Å². The number of methoxy groups -OCH3 is 1. The van der Waals surface area contributed by atoms with E-state index < -0.39 is 23.4 Å². The number of hydrazine groups is 1. The van der Waals surface area contributed by atoms with Gasteiger partial charge in [0.05, 0.1) is 29.6 Å². The van der Waals surface area contributed by atoms with Crippen LogP contribution in [-0.2, 0) is 52.8 Å². The molecule has 0 radical (unpaired) electrons. The van der Waals surface area contributed by atoms with Crippen molar-refractivity contribution in [2.75, 3.05) is 61.0 Å². The number of nitrogens with zero attached hydrogens (tertiary/aromatic N) is 6. The number of fused-ring (bicyclic) bond motifs is 1. The van der Waals surface area contributed by atoms with Crippen molar-refractivity contribution < 1.29 is 38.6 Å². The largest absolute Gasteiger partial charge is 0.508 e. The van der Waals surface area contributed by atoms with E-state index in [0.717, 1.165) is 83.3 Å². The molecule has 2 aliphatic rings. The molecule has 4 amide bonds. The van der Waals surface area contributed by atoms with Crippen molar-refractivity contribution in [2.24, 2.45) is 11.3 Å². The fourth-order valence-electron chi connectivity index (χ4n) is 9.32. The summed E-state index contributed by atoms with van der Waals surface area (Å²) in [6.45, 7) is 20.2. The SMILES string of the molecule is CCn1c(-c2cccnc2C(C)OC)c(CC(C)(C)COC=O)c2cc(-c3cc(O)cc(CC(NC(=O)C(C(C)C)N(C)C=O)C(=O)N4CCCCN4)c3)ccc21.CN(C)C(C)(C)C#CC(=O)N1CCCC1. The molecule has 0 bridgehead atoms. The molecule has 390 valence electrons. The molecule has 2 aromatic carbocycles. The van der Waals surface area contributed by atoms with E-state index in [1.807, 2.05) is 76.7 Å². The first-order chi connectivity index (χ1) is 34.2. The zero-order chi connectivity index (χ0) is 52.9. The van der Waals surface area contributed by atoms with Gasteiger partial charge in [0.15, 0.2) is 0 Å². The van der Waals surface area contributed by atoms with Gasteiger partial charge < -0.3 is 34.3 Å². The summed E-state index contributed by atoms with van der Waals surface area (Å²) in [6, 6.07) is 13.7. The lowest BCUT2D eigenvalue weighted by Crippen LogP contribution is -2.58. The number of phenols is 1. The molecule has 2 aromatic heterocycles. The second-order valence-electron chi connectivity index (χ2n) is 20.8. The van der Waals surface area contributed by atoms with E-state index in [2.05, 4.69) is 66.1 Å². The Kier molecular flexibility index (Phi) is 20.0. The topological polar surface area (TPSA) is 179 Å². The number of nitrogens with one attached hydrogen (secondary N) is 2. The Labute approximate surface area is 426 Å². The van der Waals surface area contributed by atoms with E-state index in [4.69, 9.17) is 14.5 Å². The second-order valence-corrected chi connectivity index (χ2v) is 20.8. The zero-order valence-corrected chi connectivity index (χ0v) is 44.6. The van der Waals surface area contributed by atoms with Crippen LogP contribution in [0.1, 0.15) is 104 Å². The summed E-state index contributed by atoms with van der Waals surface area (Å²) in [6.07, 6.45) is 6.80. The number of carbonyl (C=O) groups is 5. The molecule has 0 spiro atoms. The van der Waals surface area contributed by atoms with Gasteiger partial charge in [-0.3, -0.25) is 38.9 Å². The van der Waals surface area contributed by atoms with E-state index in [9.17, 15) is 29.1 Å². The number of amides is 4. The molecule has 2 saturated heterocycles. The first kappa shape index (κ1) is 56.6. The van der Waals surface area contributed by atoms with Crippen LogP contribution >= 0.6 is 0 Å². The molecule has 2 aliphatic heterocycles. The zero-order valence-electron chi connectivity index (χ0n) is 44.6. The fraction of sp³-hybridized carbons (Fsp3) is 0.536. The summed E-state index contributed by atoms with van der Waals surface area (Å²) < 4.78 is 13.3. The Morgan fingerprint density at radius 2 is 1.67 bits per heavy atom. The summed E-state index contributed by atoms with van der Waals surface area (Å²) in [7, 11) is 7.15. The summed E-state index contributed by atoms with van der Waals surface area (Å²) in [5.74, 6) is 4.84. The lowest BCUT2D eigenvalue weighted by atomic mass is 9.84. The third-order valence-corrected chi connectivity index (χ3v) is 13.7. The third kappa shape index (κ3) is 14.2. The number of ether oxygens (including phenoxy) is 2. The van der Waals surface area contributed by atoms with Gasteiger partial charge in [-0.1, -0.05) is 45.7 Å². The molecule has 3 atom stereocenters. The Bertz CT molecular complexity index is 2580. The minimum atomic E-state index is -0.965. The van der Waals surface area contributed by atoms with Gasteiger partial charge in [-0.05, 0) is 144 Å². The van der Waals surface area contributed by atoms with Crippen molar-refractivity contribution in [3.63, 3.8) is 0 Å². The third-order valence-electron chi connectivity index (χ3n) is 13.7. The van der Waals surface area contributed by atoms with Crippen LogP contribution in [0.25, 0.3) is 33.3 Å². The van der Waals surface area contributed by atoms with Crippen LogP contribution in [0.3, 0.4) is 0 Å². The first-order valence-corrected chi connectivity index (χ1v) is 25.2. The summed E-state index contributed by atoms with van der Waals surface area (Å²) in [5.41, 5.74) is 9.58. The van der Waals surface area contributed by atoms with Gasteiger partial charge in [-0.15, -0.1) is 0 Å². The number of likely N-dealkylation sites (N-methyl/N-ethyl adjacent to an activating group) is 1. The number of rotatable bonds is 19. The standard InChI is InChI=1S/C44H58N6O7.C12H20N2O/c1-9-49-38-15-14-31(23-35(38)36(24-44(5,6)25-57-27-52)41(49)34-13-12-16-45-39(34)29(4)56-8)32-19-30(20-33(53)22-32)21-37(43(55)50-18-11-10-17-46-50)47-42(54)40(28(2)3)48(7)26-51;1-12(2,13(3)4)8-7-11(15)14-9-5-6-10-14/h12-16,19-20,22-23,26-29,37,40,46,53H,9-11,17-18,21,24-25H2,1-8H3,(H,47,54);5-6,9-10H2,1-4H3. The highest BCUT2D eigenvalue weighted by Gasteiger charge is 2.34. The van der Waals surface area contributed by atoms with Crippen molar-refractivity contribution in [1.82, 2.24) is 40.0 Å². The number of carbonyl (C=O) groups excluding carboxylic acids is 5. The highest BCUT2D eigenvalue weighted by Crippen LogP contribution is 2.42. The van der Waals surface area contributed by atoms with Crippen molar-refractivity contribution in [1.29, 1.82) is 0 Å². The van der Waals surface area contributed by atoms with Crippen molar-refractivity contribution >= 4 is 41.5 Å². The van der Waals surface area contributed by atoms with Crippen LogP contribution in [0.2, 0.25) is 0 Å².